The first-order chi connectivity index (χ1) is 8.27. The first kappa shape index (κ1) is 17.9. The molecule has 0 bridgehead atoms. The molecule has 0 aliphatic carbocycles. The topological polar surface area (TPSA) is 60.2 Å². The van der Waals surface area contributed by atoms with Crippen LogP contribution in [0.15, 0.2) is 0 Å². The van der Waals surface area contributed by atoms with Crippen molar-refractivity contribution in [1.29, 1.82) is 0 Å². The molecule has 0 aliphatic heterocycles. The largest absolute Gasteiger partial charge is 0.325 e. The average molecular weight is 277 g/mol. The first-order valence-corrected chi connectivity index (χ1v) is 9.08. The van der Waals surface area contributed by atoms with Gasteiger partial charge in [0, 0.05) is 5.54 Å². The van der Waals surface area contributed by atoms with Crippen molar-refractivity contribution in [3.63, 3.8) is 0 Å². The van der Waals surface area contributed by atoms with Gasteiger partial charge in [0.25, 0.3) is 0 Å². The van der Waals surface area contributed by atoms with E-state index in [4.69, 9.17) is 5.73 Å². The molecule has 0 atom stereocenters. The van der Waals surface area contributed by atoms with Crippen LogP contribution in [-0.4, -0.2) is 25.5 Å². The Morgan fingerprint density at radius 2 is 1.33 bits per heavy atom. The van der Waals surface area contributed by atoms with Crippen molar-refractivity contribution in [2.45, 2.75) is 77.7 Å². The SMILES string of the molecule is CCCCCCCCCCS(=O)(=O)CC(C)(C)N. The molecule has 4 heteroatoms. The van der Waals surface area contributed by atoms with Gasteiger partial charge < -0.3 is 5.73 Å². The lowest BCUT2D eigenvalue weighted by Crippen LogP contribution is -2.40. The zero-order chi connectivity index (χ0) is 14.1. The van der Waals surface area contributed by atoms with E-state index in [2.05, 4.69) is 6.92 Å². The summed E-state index contributed by atoms with van der Waals surface area (Å²) in [6.07, 6.45) is 9.40. The Bertz CT molecular complexity index is 291. The molecule has 110 valence electrons. The molecule has 3 nitrogen and oxygen atoms in total. The van der Waals surface area contributed by atoms with Crippen molar-refractivity contribution < 1.29 is 8.42 Å². The summed E-state index contributed by atoms with van der Waals surface area (Å²) in [6, 6.07) is 0. The van der Waals surface area contributed by atoms with Crippen molar-refractivity contribution in [3.8, 4) is 0 Å². The number of unbranched alkanes of at least 4 members (excludes halogenated alkanes) is 7. The van der Waals surface area contributed by atoms with Crippen LogP contribution in [0.25, 0.3) is 0 Å². The van der Waals surface area contributed by atoms with Gasteiger partial charge in [0.05, 0.1) is 11.5 Å². The van der Waals surface area contributed by atoms with E-state index in [0.29, 0.717) is 5.75 Å². The molecule has 2 N–H and O–H groups in total. The molecule has 0 saturated carbocycles. The molecule has 0 aliphatic rings. The lowest BCUT2D eigenvalue weighted by molar-refractivity contribution is 0.539. The molecular weight excluding hydrogens is 246 g/mol. The summed E-state index contributed by atoms with van der Waals surface area (Å²) in [7, 11) is -2.97. The molecule has 0 radical (unpaired) electrons. The van der Waals surface area contributed by atoms with Gasteiger partial charge in [-0.15, -0.1) is 0 Å². The second-order valence-electron chi connectivity index (χ2n) is 6.06. The second kappa shape index (κ2) is 8.92. The number of rotatable bonds is 11. The zero-order valence-corrected chi connectivity index (χ0v) is 13.2. The lowest BCUT2D eigenvalue weighted by Gasteiger charge is -2.18. The van der Waals surface area contributed by atoms with Crippen molar-refractivity contribution >= 4 is 9.84 Å². The normalized spacial score (nSPS) is 12.9. The third-order valence-corrected chi connectivity index (χ3v) is 5.00. The van der Waals surface area contributed by atoms with Gasteiger partial charge in [-0.25, -0.2) is 8.42 Å². The Hall–Kier alpha value is -0.0900. The third kappa shape index (κ3) is 12.4. The molecule has 0 aromatic heterocycles. The van der Waals surface area contributed by atoms with E-state index in [9.17, 15) is 8.42 Å². The number of hydrogen-bond donors (Lipinski definition) is 1. The van der Waals surface area contributed by atoms with E-state index in [0.717, 1.165) is 19.3 Å². The Morgan fingerprint density at radius 1 is 0.889 bits per heavy atom. The maximum atomic E-state index is 11.7. The van der Waals surface area contributed by atoms with Crippen LogP contribution in [0.5, 0.6) is 0 Å². The maximum Gasteiger partial charge on any atom is 0.152 e. The van der Waals surface area contributed by atoms with Crippen molar-refractivity contribution in [2.75, 3.05) is 11.5 Å². The first-order valence-electron chi connectivity index (χ1n) is 7.26. The summed E-state index contributed by atoms with van der Waals surface area (Å²) in [4.78, 5) is 0. The van der Waals surface area contributed by atoms with E-state index in [1.54, 1.807) is 13.8 Å². The quantitative estimate of drug-likeness (QED) is 0.590. The van der Waals surface area contributed by atoms with Gasteiger partial charge >= 0.3 is 0 Å². The molecule has 0 amide bonds. The molecule has 0 fully saturated rings. The smallest absolute Gasteiger partial charge is 0.152 e. The Balaban J connectivity index is 3.54. The minimum absolute atomic E-state index is 0.0938. The van der Waals surface area contributed by atoms with Gasteiger partial charge in [0.1, 0.15) is 0 Å². The minimum Gasteiger partial charge on any atom is -0.325 e. The minimum atomic E-state index is -2.97. The Morgan fingerprint density at radius 3 is 1.78 bits per heavy atom. The van der Waals surface area contributed by atoms with E-state index in [1.165, 1.54) is 32.1 Å². The standard InChI is InChI=1S/C14H31NO2S/c1-4-5-6-7-8-9-10-11-12-18(16,17)13-14(2,3)15/h4-13,15H2,1-3H3. The summed E-state index contributed by atoms with van der Waals surface area (Å²) in [6.45, 7) is 5.74. The van der Waals surface area contributed by atoms with Gasteiger partial charge in [-0.2, -0.15) is 0 Å². The number of hydrogen-bond acceptors (Lipinski definition) is 3. The average Bonchev–Trinajstić information content (AvgIpc) is 2.18. The van der Waals surface area contributed by atoms with Crippen LogP contribution in [-0.2, 0) is 9.84 Å². The predicted molar refractivity (Wildman–Crippen MR) is 79.5 cm³/mol. The van der Waals surface area contributed by atoms with Crippen LogP contribution in [0.4, 0.5) is 0 Å². The van der Waals surface area contributed by atoms with Crippen LogP contribution in [0.2, 0.25) is 0 Å². The summed E-state index contributed by atoms with van der Waals surface area (Å²) < 4.78 is 23.5. The summed E-state index contributed by atoms with van der Waals surface area (Å²) in [5, 5.41) is 0. The number of sulfone groups is 1. The highest BCUT2D eigenvalue weighted by molar-refractivity contribution is 7.91. The van der Waals surface area contributed by atoms with E-state index < -0.39 is 15.4 Å². The van der Waals surface area contributed by atoms with E-state index in [1.807, 2.05) is 0 Å². The fourth-order valence-electron chi connectivity index (χ4n) is 2.09. The van der Waals surface area contributed by atoms with Crippen LogP contribution in [0, 0.1) is 0 Å². The molecule has 0 aromatic carbocycles. The summed E-state index contributed by atoms with van der Waals surface area (Å²) >= 11 is 0. The Kier molecular flexibility index (Phi) is 8.87. The molecule has 0 heterocycles. The van der Waals surface area contributed by atoms with Crippen LogP contribution in [0.1, 0.15) is 72.1 Å². The van der Waals surface area contributed by atoms with Gasteiger partial charge in [-0.1, -0.05) is 51.9 Å². The van der Waals surface area contributed by atoms with Gasteiger partial charge in [0.15, 0.2) is 9.84 Å². The highest BCUT2D eigenvalue weighted by atomic mass is 32.2. The lowest BCUT2D eigenvalue weighted by atomic mass is 10.1. The Labute approximate surface area is 113 Å². The molecule has 0 saturated heterocycles. The maximum absolute atomic E-state index is 11.7. The third-order valence-electron chi connectivity index (χ3n) is 2.90. The van der Waals surface area contributed by atoms with Crippen LogP contribution in [0.3, 0.4) is 0 Å². The van der Waals surface area contributed by atoms with Gasteiger partial charge in [-0.05, 0) is 20.3 Å². The fourth-order valence-corrected chi connectivity index (χ4v) is 4.02. The van der Waals surface area contributed by atoms with Gasteiger partial charge in [-0.3, -0.25) is 0 Å². The highest BCUT2D eigenvalue weighted by Gasteiger charge is 2.21. The monoisotopic (exact) mass is 277 g/mol. The molecule has 0 rings (SSSR count). The molecule has 0 unspecified atom stereocenters. The van der Waals surface area contributed by atoms with Crippen LogP contribution >= 0.6 is 0 Å². The van der Waals surface area contributed by atoms with Gasteiger partial charge in [0.2, 0.25) is 0 Å². The molecular formula is C14H31NO2S. The van der Waals surface area contributed by atoms with Crippen LogP contribution < -0.4 is 5.73 Å². The zero-order valence-electron chi connectivity index (χ0n) is 12.4. The number of nitrogens with two attached hydrogens (primary N) is 1. The second-order valence-corrected chi connectivity index (χ2v) is 8.24. The molecule has 0 aromatic rings. The molecule has 18 heavy (non-hydrogen) atoms. The van der Waals surface area contributed by atoms with E-state index >= 15 is 0 Å². The van der Waals surface area contributed by atoms with E-state index in [-0.39, 0.29) is 5.75 Å². The molecule has 0 spiro atoms. The predicted octanol–water partition coefficient (Wildman–Crippen LogP) is 3.28. The fraction of sp³-hybridized carbons (Fsp3) is 1.00. The summed E-state index contributed by atoms with van der Waals surface area (Å²) in [5.41, 5.74) is 5.13. The van der Waals surface area contributed by atoms with Crippen molar-refractivity contribution in [1.82, 2.24) is 0 Å². The highest BCUT2D eigenvalue weighted by Crippen LogP contribution is 2.11. The van der Waals surface area contributed by atoms with Crippen molar-refractivity contribution in [2.24, 2.45) is 5.73 Å². The summed E-state index contributed by atoms with van der Waals surface area (Å²) in [5.74, 6) is 0.388. The van der Waals surface area contributed by atoms with Crippen molar-refractivity contribution in [3.05, 3.63) is 0 Å².